The monoisotopic (exact) mass is 263 g/mol. The average Bonchev–Trinajstić information content (AvgIpc) is 2.37. The maximum atomic E-state index is 12.4. The van der Waals surface area contributed by atoms with Crippen LogP contribution < -0.4 is 5.73 Å². The number of rotatable bonds is 3. The standard InChI is InChI=1S/C14H21N3O2/c1-3-19-12-5-4-6-17(9-12)14(18)11-7-10(2)16-13(15)8-11/h7-8,12H,3-6,9H2,1-2H3,(H2,15,16). The summed E-state index contributed by atoms with van der Waals surface area (Å²) in [5.74, 6) is 0.406. The molecule has 1 aromatic heterocycles. The molecule has 1 atom stereocenters. The molecule has 2 heterocycles. The van der Waals surface area contributed by atoms with Gasteiger partial charge in [0.2, 0.25) is 0 Å². The number of carbonyl (C=O) groups excluding carboxylic acids is 1. The van der Waals surface area contributed by atoms with Crippen LogP contribution in [0.25, 0.3) is 0 Å². The number of pyridine rings is 1. The van der Waals surface area contributed by atoms with Crippen LogP contribution in [-0.2, 0) is 4.74 Å². The lowest BCUT2D eigenvalue weighted by atomic mass is 10.1. The Balaban J connectivity index is 2.10. The van der Waals surface area contributed by atoms with E-state index in [0.29, 0.717) is 24.5 Å². The summed E-state index contributed by atoms with van der Waals surface area (Å²) >= 11 is 0. The molecule has 1 aliphatic rings. The number of aryl methyl sites for hydroxylation is 1. The lowest BCUT2D eigenvalue weighted by Crippen LogP contribution is -2.43. The molecule has 0 radical (unpaired) electrons. The van der Waals surface area contributed by atoms with Gasteiger partial charge in [-0.2, -0.15) is 0 Å². The van der Waals surface area contributed by atoms with Gasteiger partial charge in [0.1, 0.15) is 5.82 Å². The van der Waals surface area contributed by atoms with Gasteiger partial charge >= 0.3 is 0 Å². The van der Waals surface area contributed by atoms with Crippen molar-refractivity contribution in [2.75, 3.05) is 25.4 Å². The molecule has 1 fully saturated rings. The van der Waals surface area contributed by atoms with Crippen LogP contribution in [0.1, 0.15) is 35.8 Å². The van der Waals surface area contributed by atoms with Crippen molar-refractivity contribution in [2.24, 2.45) is 0 Å². The fourth-order valence-electron chi connectivity index (χ4n) is 2.49. The number of ether oxygens (including phenoxy) is 1. The normalized spacial score (nSPS) is 19.5. The highest BCUT2D eigenvalue weighted by Crippen LogP contribution is 2.17. The number of nitrogen functional groups attached to an aromatic ring is 1. The molecule has 0 saturated carbocycles. The summed E-state index contributed by atoms with van der Waals surface area (Å²) in [6, 6.07) is 3.42. The molecule has 5 nitrogen and oxygen atoms in total. The van der Waals surface area contributed by atoms with Gasteiger partial charge in [0.25, 0.3) is 5.91 Å². The third kappa shape index (κ3) is 3.44. The van der Waals surface area contributed by atoms with Crippen molar-refractivity contribution in [2.45, 2.75) is 32.8 Å². The van der Waals surface area contributed by atoms with E-state index in [4.69, 9.17) is 10.5 Å². The Labute approximate surface area is 113 Å². The molecule has 1 unspecified atom stereocenters. The second-order valence-corrected chi connectivity index (χ2v) is 4.89. The van der Waals surface area contributed by atoms with Gasteiger partial charge in [-0.1, -0.05) is 0 Å². The average molecular weight is 263 g/mol. The third-order valence-electron chi connectivity index (χ3n) is 3.29. The molecular formula is C14H21N3O2. The molecule has 0 spiro atoms. The number of piperidine rings is 1. The van der Waals surface area contributed by atoms with Gasteiger partial charge in [0.05, 0.1) is 6.10 Å². The van der Waals surface area contributed by atoms with Gasteiger partial charge in [-0.3, -0.25) is 4.79 Å². The molecule has 5 heteroatoms. The minimum atomic E-state index is 0.0154. The summed E-state index contributed by atoms with van der Waals surface area (Å²) in [4.78, 5) is 18.4. The number of hydrogen-bond acceptors (Lipinski definition) is 4. The number of likely N-dealkylation sites (tertiary alicyclic amines) is 1. The van der Waals surface area contributed by atoms with E-state index < -0.39 is 0 Å². The predicted octanol–water partition coefficient (Wildman–Crippen LogP) is 1.61. The minimum Gasteiger partial charge on any atom is -0.384 e. The molecule has 19 heavy (non-hydrogen) atoms. The van der Waals surface area contributed by atoms with Gasteiger partial charge in [-0.05, 0) is 38.8 Å². The number of anilines is 1. The van der Waals surface area contributed by atoms with Gasteiger partial charge in [-0.25, -0.2) is 4.98 Å². The Morgan fingerprint density at radius 3 is 3.05 bits per heavy atom. The first-order valence-electron chi connectivity index (χ1n) is 6.75. The van der Waals surface area contributed by atoms with Crippen molar-refractivity contribution in [3.05, 3.63) is 23.4 Å². The molecule has 104 valence electrons. The van der Waals surface area contributed by atoms with Crippen LogP contribution in [0, 0.1) is 6.92 Å². The maximum Gasteiger partial charge on any atom is 0.254 e. The first-order valence-corrected chi connectivity index (χ1v) is 6.75. The Hall–Kier alpha value is -1.62. The minimum absolute atomic E-state index is 0.0154. The van der Waals surface area contributed by atoms with Crippen LogP contribution in [-0.4, -0.2) is 41.6 Å². The van der Waals surface area contributed by atoms with Crippen LogP contribution in [0.15, 0.2) is 12.1 Å². The zero-order valence-electron chi connectivity index (χ0n) is 11.6. The van der Waals surface area contributed by atoms with Crippen LogP contribution >= 0.6 is 0 Å². The maximum absolute atomic E-state index is 12.4. The summed E-state index contributed by atoms with van der Waals surface area (Å²) < 4.78 is 5.62. The summed E-state index contributed by atoms with van der Waals surface area (Å²) in [5, 5.41) is 0. The molecule has 1 amide bonds. The van der Waals surface area contributed by atoms with E-state index in [2.05, 4.69) is 4.98 Å². The van der Waals surface area contributed by atoms with Crippen molar-refractivity contribution < 1.29 is 9.53 Å². The molecule has 1 aromatic rings. The van der Waals surface area contributed by atoms with E-state index in [9.17, 15) is 4.79 Å². The predicted molar refractivity (Wildman–Crippen MR) is 73.9 cm³/mol. The highest BCUT2D eigenvalue weighted by molar-refractivity contribution is 5.95. The molecule has 1 saturated heterocycles. The van der Waals surface area contributed by atoms with E-state index in [1.165, 1.54) is 0 Å². The topological polar surface area (TPSA) is 68.5 Å². The Morgan fingerprint density at radius 2 is 2.37 bits per heavy atom. The van der Waals surface area contributed by atoms with Crippen molar-refractivity contribution in [3.63, 3.8) is 0 Å². The van der Waals surface area contributed by atoms with E-state index in [1.54, 1.807) is 12.1 Å². The van der Waals surface area contributed by atoms with Crippen molar-refractivity contribution in [1.82, 2.24) is 9.88 Å². The molecule has 2 rings (SSSR count). The zero-order valence-corrected chi connectivity index (χ0v) is 11.6. The van der Waals surface area contributed by atoms with E-state index in [1.807, 2.05) is 18.7 Å². The van der Waals surface area contributed by atoms with Gasteiger partial charge in [0, 0.05) is 31.0 Å². The highest BCUT2D eigenvalue weighted by Gasteiger charge is 2.25. The second kappa shape index (κ2) is 6.02. The van der Waals surface area contributed by atoms with Crippen molar-refractivity contribution in [1.29, 1.82) is 0 Å². The molecule has 0 bridgehead atoms. The van der Waals surface area contributed by atoms with Gasteiger partial charge in [-0.15, -0.1) is 0 Å². The summed E-state index contributed by atoms with van der Waals surface area (Å²) in [5.41, 5.74) is 7.07. The largest absolute Gasteiger partial charge is 0.384 e. The fraction of sp³-hybridized carbons (Fsp3) is 0.571. The number of aromatic nitrogens is 1. The summed E-state index contributed by atoms with van der Waals surface area (Å²) in [6.07, 6.45) is 2.16. The molecule has 0 aliphatic carbocycles. The van der Waals surface area contributed by atoms with E-state index in [0.717, 1.165) is 25.1 Å². The number of nitrogens with zero attached hydrogens (tertiary/aromatic N) is 2. The lowest BCUT2D eigenvalue weighted by Gasteiger charge is -2.32. The molecule has 0 aromatic carbocycles. The first-order chi connectivity index (χ1) is 9.10. The number of carbonyl (C=O) groups is 1. The van der Waals surface area contributed by atoms with Crippen molar-refractivity contribution in [3.8, 4) is 0 Å². The number of hydrogen-bond donors (Lipinski definition) is 1. The molecular weight excluding hydrogens is 242 g/mol. The third-order valence-corrected chi connectivity index (χ3v) is 3.29. The smallest absolute Gasteiger partial charge is 0.254 e. The van der Waals surface area contributed by atoms with Crippen LogP contribution in [0.3, 0.4) is 0 Å². The van der Waals surface area contributed by atoms with Crippen LogP contribution in [0.4, 0.5) is 5.82 Å². The van der Waals surface area contributed by atoms with Gasteiger partial charge < -0.3 is 15.4 Å². The second-order valence-electron chi connectivity index (χ2n) is 4.89. The zero-order chi connectivity index (χ0) is 13.8. The van der Waals surface area contributed by atoms with Crippen LogP contribution in [0.2, 0.25) is 0 Å². The number of nitrogens with two attached hydrogens (primary N) is 1. The SMILES string of the molecule is CCOC1CCCN(C(=O)c2cc(C)nc(N)c2)C1. The quantitative estimate of drug-likeness (QED) is 0.899. The lowest BCUT2D eigenvalue weighted by molar-refractivity contribution is 0.00724. The first kappa shape index (κ1) is 13.8. The van der Waals surface area contributed by atoms with Gasteiger partial charge in [0.15, 0.2) is 0 Å². The Bertz CT molecular complexity index is 440. The molecule has 1 aliphatic heterocycles. The summed E-state index contributed by atoms with van der Waals surface area (Å²) in [6.45, 7) is 5.95. The van der Waals surface area contributed by atoms with Crippen LogP contribution in [0.5, 0.6) is 0 Å². The Kier molecular flexibility index (Phi) is 4.37. The van der Waals surface area contributed by atoms with E-state index >= 15 is 0 Å². The van der Waals surface area contributed by atoms with E-state index in [-0.39, 0.29) is 12.0 Å². The Morgan fingerprint density at radius 1 is 1.58 bits per heavy atom. The molecule has 2 N–H and O–H groups in total. The summed E-state index contributed by atoms with van der Waals surface area (Å²) in [7, 11) is 0. The fourth-order valence-corrected chi connectivity index (χ4v) is 2.49. The highest BCUT2D eigenvalue weighted by atomic mass is 16.5. The van der Waals surface area contributed by atoms with Crippen molar-refractivity contribution >= 4 is 11.7 Å². The number of amides is 1.